The van der Waals surface area contributed by atoms with Crippen LogP contribution in [-0.4, -0.2) is 29.3 Å². The van der Waals surface area contributed by atoms with Crippen molar-refractivity contribution in [1.29, 1.82) is 0 Å². The van der Waals surface area contributed by atoms with Crippen molar-refractivity contribution in [1.82, 2.24) is 0 Å². The van der Waals surface area contributed by atoms with E-state index in [9.17, 15) is 9.59 Å². The summed E-state index contributed by atoms with van der Waals surface area (Å²) in [6.45, 7) is 14.5. The lowest BCUT2D eigenvalue weighted by Crippen LogP contribution is -2.27. The molecule has 2 aromatic rings. The molecule has 0 aliphatic carbocycles. The first-order valence-corrected chi connectivity index (χ1v) is 11.0. The molecule has 0 atom stereocenters. The number of amidine groups is 1. The summed E-state index contributed by atoms with van der Waals surface area (Å²) in [6, 6.07) is 12.2. The van der Waals surface area contributed by atoms with Gasteiger partial charge in [-0.25, -0.2) is 14.6 Å². The highest BCUT2D eigenvalue weighted by molar-refractivity contribution is 5.99. The van der Waals surface area contributed by atoms with Crippen LogP contribution in [0.2, 0.25) is 0 Å². The molecule has 2 N–H and O–H groups in total. The molecule has 0 spiro atoms. The monoisotopic (exact) mass is 470 g/mol. The third kappa shape index (κ3) is 8.77. The maximum atomic E-state index is 12.3. The van der Waals surface area contributed by atoms with E-state index in [0.29, 0.717) is 11.6 Å². The second-order valence-electron chi connectivity index (χ2n) is 10.0. The molecule has 184 valence electrons. The maximum Gasteiger partial charge on any atom is 0.514 e. The van der Waals surface area contributed by atoms with E-state index < -0.39 is 23.5 Å². The van der Waals surface area contributed by atoms with Crippen LogP contribution in [0.25, 0.3) is 0 Å². The van der Waals surface area contributed by atoms with E-state index in [1.807, 2.05) is 24.3 Å². The highest BCUT2D eigenvalue weighted by Gasteiger charge is 2.23. The van der Waals surface area contributed by atoms with E-state index in [0.717, 1.165) is 5.56 Å². The van der Waals surface area contributed by atoms with Gasteiger partial charge in [0.15, 0.2) is 11.5 Å². The van der Waals surface area contributed by atoms with Crippen LogP contribution in [0.1, 0.15) is 72.4 Å². The standard InChI is InChI=1S/C26H34N2O6/c1-16(2)17-9-11-18(12-10-17)22(27)28-19-13-14-20(31-23(29)33-25(3,4)5)21(15-19)32-24(30)34-26(6,7)8/h9-16H,1-8H3,(H2,27,28). The van der Waals surface area contributed by atoms with E-state index >= 15 is 0 Å². The number of hydrogen-bond acceptors (Lipinski definition) is 7. The van der Waals surface area contributed by atoms with Gasteiger partial charge in [-0.1, -0.05) is 38.1 Å². The average molecular weight is 471 g/mol. The van der Waals surface area contributed by atoms with Gasteiger partial charge in [0, 0.05) is 11.6 Å². The van der Waals surface area contributed by atoms with Gasteiger partial charge in [-0.15, -0.1) is 0 Å². The summed E-state index contributed by atoms with van der Waals surface area (Å²) in [4.78, 5) is 28.8. The molecule has 0 aromatic heterocycles. The second-order valence-corrected chi connectivity index (χ2v) is 10.0. The predicted octanol–water partition coefficient (Wildman–Crippen LogP) is 6.47. The van der Waals surface area contributed by atoms with Crippen molar-refractivity contribution in [3.63, 3.8) is 0 Å². The number of ether oxygens (including phenoxy) is 4. The van der Waals surface area contributed by atoms with E-state index in [4.69, 9.17) is 24.7 Å². The van der Waals surface area contributed by atoms with E-state index in [1.54, 1.807) is 47.6 Å². The van der Waals surface area contributed by atoms with Gasteiger partial charge in [0.2, 0.25) is 0 Å². The smallest absolute Gasteiger partial charge is 0.428 e. The van der Waals surface area contributed by atoms with Gasteiger partial charge in [-0.2, -0.15) is 0 Å². The van der Waals surface area contributed by atoms with Crippen LogP contribution in [-0.2, 0) is 9.47 Å². The summed E-state index contributed by atoms with van der Waals surface area (Å²) in [5, 5.41) is 0. The molecule has 8 nitrogen and oxygen atoms in total. The molecule has 0 bridgehead atoms. The Hall–Kier alpha value is -3.55. The Balaban J connectivity index is 2.35. The summed E-state index contributed by atoms with van der Waals surface area (Å²) in [5.74, 6) is 0.583. The van der Waals surface area contributed by atoms with Crippen LogP contribution in [0, 0.1) is 0 Å². The fourth-order valence-corrected chi connectivity index (χ4v) is 2.69. The van der Waals surface area contributed by atoms with Gasteiger partial charge >= 0.3 is 12.3 Å². The Bertz CT molecular complexity index is 1040. The first kappa shape index (κ1) is 26.7. The third-order valence-corrected chi connectivity index (χ3v) is 4.22. The molecular weight excluding hydrogens is 436 g/mol. The van der Waals surface area contributed by atoms with E-state index in [2.05, 4.69) is 18.8 Å². The predicted molar refractivity (Wildman–Crippen MR) is 131 cm³/mol. The number of hydrogen-bond donors (Lipinski definition) is 1. The first-order chi connectivity index (χ1) is 15.6. The normalized spacial score (nSPS) is 12.3. The van der Waals surface area contributed by atoms with Crippen LogP contribution in [0.4, 0.5) is 15.3 Å². The number of nitrogens with zero attached hydrogens (tertiary/aromatic N) is 1. The van der Waals surface area contributed by atoms with Gasteiger partial charge < -0.3 is 24.7 Å². The Morgan fingerprint density at radius 3 is 1.76 bits per heavy atom. The SMILES string of the molecule is CC(C)c1ccc(C(N)=Nc2ccc(OC(=O)OC(C)(C)C)c(OC(=O)OC(C)(C)C)c2)cc1. The molecule has 0 fully saturated rings. The molecule has 8 heteroatoms. The summed E-state index contributed by atoms with van der Waals surface area (Å²) in [6.07, 6.45) is -1.90. The number of aliphatic imine (C=N–C) groups is 1. The Kier molecular flexibility index (Phi) is 8.31. The van der Waals surface area contributed by atoms with Gasteiger partial charge in [0.05, 0.1) is 5.69 Å². The number of rotatable bonds is 5. The van der Waals surface area contributed by atoms with Crippen LogP contribution in [0.15, 0.2) is 47.5 Å². The fourth-order valence-electron chi connectivity index (χ4n) is 2.69. The highest BCUT2D eigenvalue weighted by Crippen LogP contribution is 2.33. The molecule has 0 heterocycles. The second kappa shape index (κ2) is 10.6. The van der Waals surface area contributed by atoms with Gasteiger partial charge in [-0.3, -0.25) is 0 Å². The molecule has 34 heavy (non-hydrogen) atoms. The topological polar surface area (TPSA) is 109 Å². The van der Waals surface area contributed by atoms with Crippen LogP contribution >= 0.6 is 0 Å². The van der Waals surface area contributed by atoms with Crippen molar-refractivity contribution in [2.75, 3.05) is 0 Å². The average Bonchev–Trinajstić information content (AvgIpc) is 2.67. The Morgan fingerprint density at radius 2 is 1.29 bits per heavy atom. The van der Waals surface area contributed by atoms with Gasteiger partial charge in [-0.05, 0) is 65.2 Å². The molecule has 0 radical (unpaired) electrons. The van der Waals surface area contributed by atoms with Crippen molar-refractivity contribution in [3.8, 4) is 11.5 Å². The number of carbonyl (C=O) groups excluding carboxylic acids is 2. The molecule has 2 rings (SSSR count). The number of benzene rings is 2. The van der Waals surface area contributed by atoms with Crippen molar-refractivity contribution >= 4 is 23.8 Å². The van der Waals surface area contributed by atoms with Crippen molar-refractivity contribution in [2.24, 2.45) is 10.7 Å². The minimum absolute atomic E-state index is 0.0288. The minimum Gasteiger partial charge on any atom is -0.428 e. The molecule has 0 aliphatic rings. The van der Waals surface area contributed by atoms with Crippen molar-refractivity contribution in [3.05, 3.63) is 53.6 Å². The lowest BCUT2D eigenvalue weighted by molar-refractivity contribution is 0.0138. The molecule has 0 saturated carbocycles. The van der Waals surface area contributed by atoms with Crippen LogP contribution in [0.5, 0.6) is 11.5 Å². The van der Waals surface area contributed by atoms with Crippen molar-refractivity contribution in [2.45, 2.75) is 72.5 Å². The third-order valence-electron chi connectivity index (χ3n) is 4.22. The van der Waals surface area contributed by atoms with Gasteiger partial charge in [0.1, 0.15) is 17.0 Å². The van der Waals surface area contributed by atoms with Gasteiger partial charge in [0.25, 0.3) is 0 Å². The Labute approximate surface area is 201 Å². The molecule has 0 amide bonds. The van der Waals surface area contributed by atoms with Crippen molar-refractivity contribution < 1.29 is 28.5 Å². The molecule has 0 saturated heterocycles. The molecule has 0 aliphatic heterocycles. The fraction of sp³-hybridized carbons (Fsp3) is 0.423. The lowest BCUT2D eigenvalue weighted by atomic mass is 10.0. The minimum atomic E-state index is -0.958. The Morgan fingerprint density at radius 1 is 0.794 bits per heavy atom. The summed E-state index contributed by atoms with van der Waals surface area (Å²) in [5.41, 5.74) is 6.98. The summed E-state index contributed by atoms with van der Waals surface area (Å²) < 4.78 is 21.0. The zero-order valence-electron chi connectivity index (χ0n) is 21.1. The lowest BCUT2D eigenvalue weighted by Gasteiger charge is -2.20. The summed E-state index contributed by atoms with van der Waals surface area (Å²) >= 11 is 0. The zero-order chi connectivity index (χ0) is 25.7. The van der Waals surface area contributed by atoms with E-state index in [1.165, 1.54) is 17.7 Å². The molecular formula is C26H34N2O6. The van der Waals surface area contributed by atoms with E-state index in [-0.39, 0.29) is 17.3 Å². The number of carbonyl (C=O) groups is 2. The maximum absolute atomic E-state index is 12.3. The summed E-state index contributed by atoms with van der Waals surface area (Å²) in [7, 11) is 0. The highest BCUT2D eigenvalue weighted by atomic mass is 16.8. The quantitative estimate of drug-likeness (QED) is 0.231. The zero-order valence-corrected chi connectivity index (χ0v) is 21.1. The largest absolute Gasteiger partial charge is 0.514 e. The molecule has 0 unspecified atom stereocenters. The number of nitrogens with two attached hydrogens (primary N) is 1. The van der Waals surface area contributed by atoms with Crippen LogP contribution < -0.4 is 15.2 Å². The first-order valence-electron chi connectivity index (χ1n) is 11.0. The van der Waals surface area contributed by atoms with Crippen LogP contribution in [0.3, 0.4) is 0 Å². The molecule has 2 aromatic carbocycles.